The van der Waals surface area contributed by atoms with E-state index in [1.165, 1.54) is 52.1 Å². The van der Waals surface area contributed by atoms with Crippen LogP contribution in [0.25, 0.3) is 21.5 Å². The molecular formula is C25H27NO3. The van der Waals surface area contributed by atoms with Gasteiger partial charge in [0.25, 0.3) is 0 Å². The van der Waals surface area contributed by atoms with Gasteiger partial charge in [0.05, 0.1) is 21.3 Å². The Morgan fingerprint density at radius 3 is 2.28 bits per heavy atom. The zero-order chi connectivity index (χ0) is 19.7. The van der Waals surface area contributed by atoms with Gasteiger partial charge in [-0.1, -0.05) is 6.07 Å². The summed E-state index contributed by atoms with van der Waals surface area (Å²) in [6.07, 6.45) is 3.91. The van der Waals surface area contributed by atoms with Crippen LogP contribution in [0.1, 0.15) is 24.0 Å². The molecule has 0 amide bonds. The van der Waals surface area contributed by atoms with Crippen molar-refractivity contribution in [3.8, 4) is 17.2 Å². The van der Waals surface area contributed by atoms with Gasteiger partial charge in [-0.2, -0.15) is 0 Å². The quantitative estimate of drug-likeness (QED) is 0.603. The second-order valence-electron chi connectivity index (χ2n) is 8.90. The molecule has 1 aliphatic carbocycles. The number of fused-ring (bicyclic) bond motifs is 8. The molecule has 0 N–H and O–H groups in total. The molecule has 3 aromatic rings. The van der Waals surface area contributed by atoms with Gasteiger partial charge in [-0.15, -0.1) is 0 Å². The molecule has 4 nitrogen and oxygen atoms in total. The van der Waals surface area contributed by atoms with Crippen LogP contribution >= 0.6 is 0 Å². The molecule has 3 aromatic carbocycles. The van der Waals surface area contributed by atoms with Gasteiger partial charge < -0.3 is 14.2 Å². The lowest BCUT2D eigenvalue weighted by atomic mass is 9.82. The molecule has 1 saturated heterocycles. The van der Waals surface area contributed by atoms with E-state index in [4.69, 9.17) is 14.2 Å². The molecule has 3 unspecified atom stereocenters. The predicted molar refractivity (Wildman–Crippen MR) is 115 cm³/mol. The standard InChI is InChI=1S/C25H27NO3/c1-27-17-4-5-18-20(9-17)23-13-26-12-15-6-14(15)7-16(26)8-19(23)22-11-25(29-3)24(28-2)10-21(18)22/h4-5,9-11,14-16H,6-8,12-13H2,1-3H3. The van der Waals surface area contributed by atoms with Crippen LogP contribution in [0.4, 0.5) is 0 Å². The van der Waals surface area contributed by atoms with Crippen molar-refractivity contribution in [3.63, 3.8) is 0 Å². The lowest BCUT2D eigenvalue weighted by Gasteiger charge is -2.41. The summed E-state index contributed by atoms with van der Waals surface area (Å²) in [6, 6.07) is 11.5. The Kier molecular flexibility index (Phi) is 3.76. The van der Waals surface area contributed by atoms with Crippen LogP contribution in [-0.4, -0.2) is 38.8 Å². The van der Waals surface area contributed by atoms with Crippen LogP contribution in [0.3, 0.4) is 0 Å². The van der Waals surface area contributed by atoms with E-state index in [0.717, 1.165) is 42.0 Å². The first-order chi connectivity index (χ1) is 14.2. The number of nitrogens with zero attached hydrogens (tertiary/aromatic N) is 1. The summed E-state index contributed by atoms with van der Waals surface area (Å²) in [4.78, 5) is 2.74. The number of ether oxygens (including phenoxy) is 3. The monoisotopic (exact) mass is 389 g/mol. The Morgan fingerprint density at radius 2 is 1.52 bits per heavy atom. The van der Waals surface area contributed by atoms with Crippen molar-refractivity contribution in [2.24, 2.45) is 11.8 Å². The number of methoxy groups -OCH3 is 3. The van der Waals surface area contributed by atoms with Crippen LogP contribution in [0.5, 0.6) is 17.2 Å². The van der Waals surface area contributed by atoms with Crippen molar-refractivity contribution in [1.29, 1.82) is 0 Å². The average molecular weight is 389 g/mol. The number of benzene rings is 3. The molecule has 4 heteroatoms. The molecule has 2 heterocycles. The Labute approximate surface area is 171 Å². The summed E-state index contributed by atoms with van der Waals surface area (Å²) in [7, 11) is 5.17. The smallest absolute Gasteiger partial charge is 0.161 e. The molecule has 0 spiro atoms. The lowest BCUT2D eigenvalue weighted by Crippen LogP contribution is -2.44. The minimum Gasteiger partial charge on any atom is -0.497 e. The molecule has 6 rings (SSSR count). The molecule has 3 aliphatic rings. The van der Waals surface area contributed by atoms with Gasteiger partial charge in [0.1, 0.15) is 5.75 Å². The summed E-state index contributed by atoms with van der Waals surface area (Å²) in [5.41, 5.74) is 2.95. The first-order valence-corrected chi connectivity index (χ1v) is 10.6. The number of hydrogen-bond acceptors (Lipinski definition) is 4. The van der Waals surface area contributed by atoms with Gasteiger partial charge in [-0.05, 0) is 88.0 Å². The highest BCUT2D eigenvalue weighted by Gasteiger charge is 2.47. The second kappa shape index (κ2) is 6.27. The molecule has 150 valence electrons. The van der Waals surface area contributed by atoms with E-state index in [0.29, 0.717) is 6.04 Å². The van der Waals surface area contributed by atoms with Crippen LogP contribution in [0.15, 0.2) is 30.3 Å². The maximum Gasteiger partial charge on any atom is 0.161 e. The zero-order valence-corrected chi connectivity index (χ0v) is 17.3. The van der Waals surface area contributed by atoms with E-state index in [-0.39, 0.29) is 0 Å². The van der Waals surface area contributed by atoms with Gasteiger partial charge in [-0.25, -0.2) is 0 Å². The van der Waals surface area contributed by atoms with E-state index in [9.17, 15) is 0 Å². The molecule has 3 atom stereocenters. The molecule has 29 heavy (non-hydrogen) atoms. The summed E-state index contributed by atoms with van der Waals surface area (Å²) >= 11 is 0. The van der Waals surface area contributed by atoms with Crippen molar-refractivity contribution in [3.05, 3.63) is 41.5 Å². The van der Waals surface area contributed by atoms with Crippen molar-refractivity contribution in [1.82, 2.24) is 4.90 Å². The Hall–Kier alpha value is -2.46. The molecule has 0 radical (unpaired) electrons. The molecule has 1 saturated carbocycles. The Balaban J connectivity index is 1.65. The topological polar surface area (TPSA) is 30.9 Å². The molecule has 0 bridgehead atoms. The highest BCUT2D eigenvalue weighted by atomic mass is 16.5. The minimum atomic E-state index is 0.672. The zero-order valence-electron chi connectivity index (χ0n) is 17.3. The normalized spacial score (nSPS) is 25.3. The van der Waals surface area contributed by atoms with Crippen molar-refractivity contribution in [2.75, 3.05) is 27.9 Å². The third-order valence-electron chi connectivity index (χ3n) is 7.49. The maximum atomic E-state index is 5.66. The molecule has 0 aromatic heterocycles. The fourth-order valence-electron chi connectivity index (χ4n) is 5.84. The van der Waals surface area contributed by atoms with E-state index >= 15 is 0 Å². The van der Waals surface area contributed by atoms with Crippen molar-refractivity contribution >= 4 is 21.5 Å². The van der Waals surface area contributed by atoms with Crippen molar-refractivity contribution in [2.45, 2.75) is 31.8 Å². The number of piperidine rings is 1. The molecule has 2 fully saturated rings. The van der Waals surface area contributed by atoms with E-state index < -0.39 is 0 Å². The summed E-state index contributed by atoms with van der Waals surface area (Å²) < 4.78 is 16.9. The first kappa shape index (κ1) is 17.4. The third-order valence-corrected chi connectivity index (χ3v) is 7.49. The summed E-state index contributed by atoms with van der Waals surface area (Å²) in [5, 5.41) is 5.14. The molecule has 2 aliphatic heterocycles. The average Bonchev–Trinajstić information content (AvgIpc) is 3.53. The Morgan fingerprint density at radius 1 is 0.759 bits per heavy atom. The first-order valence-electron chi connectivity index (χ1n) is 10.6. The van der Waals surface area contributed by atoms with Crippen LogP contribution in [0, 0.1) is 11.8 Å². The van der Waals surface area contributed by atoms with Gasteiger partial charge >= 0.3 is 0 Å². The van der Waals surface area contributed by atoms with E-state index in [2.05, 4.69) is 35.2 Å². The minimum absolute atomic E-state index is 0.672. The predicted octanol–water partition coefficient (Wildman–Crippen LogP) is 4.79. The Bertz CT molecular complexity index is 1140. The summed E-state index contributed by atoms with van der Waals surface area (Å²) in [6.45, 7) is 2.31. The maximum absolute atomic E-state index is 5.66. The van der Waals surface area contributed by atoms with Crippen LogP contribution < -0.4 is 14.2 Å². The highest BCUT2D eigenvalue weighted by Crippen LogP contribution is 2.51. The van der Waals surface area contributed by atoms with Gasteiger partial charge in [0, 0.05) is 19.1 Å². The van der Waals surface area contributed by atoms with E-state index in [1.807, 2.05) is 0 Å². The fourth-order valence-corrected chi connectivity index (χ4v) is 5.84. The van der Waals surface area contributed by atoms with Crippen molar-refractivity contribution < 1.29 is 14.2 Å². The van der Waals surface area contributed by atoms with E-state index in [1.54, 1.807) is 21.3 Å². The second-order valence-corrected chi connectivity index (χ2v) is 8.90. The van der Waals surface area contributed by atoms with Crippen LogP contribution in [-0.2, 0) is 13.0 Å². The molecular weight excluding hydrogens is 362 g/mol. The lowest BCUT2D eigenvalue weighted by molar-refractivity contribution is 0.122. The highest BCUT2D eigenvalue weighted by molar-refractivity contribution is 6.12. The van der Waals surface area contributed by atoms with Crippen LogP contribution in [0.2, 0.25) is 0 Å². The van der Waals surface area contributed by atoms with Gasteiger partial charge in [-0.3, -0.25) is 4.90 Å². The summed E-state index contributed by atoms with van der Waals surface area (Å²) in [5.74, 6) is 4.43. The van der Waals surface area contributed by atoms with Gasteiger partial charge in [0.15, 0.2) is 11.5 Å². The largest absolute Gasteiger partial charge is 0.497 e. The van der Waals surface area contributed by atoms with Gasteiger partial charge in [0.2, 0.25) is 0 Å². The third kappa shape index (κ3) is 2.55. The SMILES string of the molecule is COc1ccc2c(c1)c1c(c3cc(OC)c(OC)cc32)CC2CC3CC3CN2C1. The fraction of sp³-hybridized carbons (Fsp3) is 0.440. The number of hydrogen-bond donors (Lipinski definition) is 0. The number of rotatable bonds is 3.